The fourth-order valence-corrected chi connectivity index (χ4v) is 4.47. The summed E-state index contributed by atoms with van der Waals surface area (Å²) in [6, 6.07) is 6.12. The minimum absolute atomic E-state index is 0.0701. The van der Waals surface area contributed by atoms with Crippen molar-refractivity contribution >= 4 is 17.5 Å². The van der Waals surface area contributed by atoms with E-state index in [0.717, 1.165) is 49.2 Å². The number of piperidine rings is 1. The van der Waals surface area contributed by atoms with Crippen molar-refractivity contribution in [3.8, 4) is 0 Å². The molecule has 4 rings (SSSR count). The summed E-state index contributed by atoms with van der Waals surface area (Å²) in [5.41, 5.74) is 3.27. The van der Waals surface area contributed by atoms with Crippen LogP contribution in [-0.4, -0.2) is 44.6 Å². The number of aryl methyl sites for hydroxylation is 3. The van der Waals surface area contributed by atoms with Gasteiger partial charge in [0.25, 0.3) is 0 Å². The Hall–Kier alpha value is -2.70. The summed E-state index contributed by atoms with van der Waals surface area (Å²) in [6.07, 6.45) is 6.30. The fourth-order valence-electron chi connectivity index (χ4n) is 4.47. The number of amides is 2. The van der Waals surface area contributed by atoms with Crippen LogP contribution in [0.5, 0.6) is 0 Å². The van der Waals surface area contributed by atoms with Crippen LogP contribution in [0.1, 0.15) is 36.8 Å². The minimum Gasteiger partial charge on any atom is -0.343 e. The molecule has 148 valence electrons. The molecule has 1 aliphatic heterocycles. The SMILES string of the molecule is Cc1cc(C)cc(NC(=O)C2CC23CCN(C(=O)CCn2cncn2)CC3)c1. The first-order valence-corrected chi connectivity index (χ1v) is 9.95. The molecule has 2 heterocycles. The number of aromatic nitrogens is 3. The molecule has 1 atom stereocenters. The first kappa shape index (κ1) is 18.7. The Morgan fingerprint density at radius 3 is 2.54 bits per heavy atom. The second kappa shape index (κ2) is 7.37. The van der Waals surface area contributed by atoms with Crippen LogP contribution >= 0.6 is 0 Å². The lowest BCUT2D eigenvalue weighted by Crippen LogP contribution is -2.40. The molecule has 1 aliphatic carbocycles. The maximum absolute atomic E-state index is 12.7. The zero-order valence-electron chi connectivity index (χ0n) is 16.5. The normalized spacial score (nSPS) is 20.2. The number of rotatable bonds is 5. The van der Waals surface area contributed by atoms with Crippen molar-refractivity contribution in [1.29, 1.82) is 0 Å². The van der Waals surface area contributed by atoms with Gasteiger partial charge in [-0.25, -0.2) is 4.98 Å². The molecule has 2 aliphatic rings. The van der Waals surface area contributed by atoms with Gasteiger partial charge in [-0.2, -0.15) is 5.10 Å². The molecule has 1 N–H and O–H groups in total. The van der Waals surface area contributed by atoms with Crippen molar-refractivity contribution in [3.05, 3.63) is 42.0 Å². The maximum Gasteiger partial charge on any atom is 0.228 e. The molecule has 1 saturated heterocycles. The fraction of sp³-hybridized carbons (Fsp3) is 0.524. The van der Waals surface area contributed by atoms with Crippen LogP contribution in [0.4, 0.5) is 5.69 Å². The average Bonchev–Trinajstić information content (AvgIpc) is 3.10. The molecule has 0 radical (unpaired) electrons. The second-order valence-electron chi connectivity index (χ2n) is 8.27. The molecule has 1 aromatic heterocycles. The van der Waals surface area contributed by atoms with Crippen molar-refractivity contribution in [3.63, 3.8) is 0 Å². The van der Waals surface area contributed by atoms with E-state index in [1.54, 1.807) is 11.0 Å². The van der Waals surface area contributed by atoms with Gasteiger partial charge >= 0.3 is 0 Å². The summed E-state index contributed by atoms with van der Waals surface area (Å²) in [4.78, 5) is 31.0. The zero-order chi connectivity index (χ0) is 19.7. The first-order valence-electron chi connectivity index (χ1n) is 9.95. The molecule has 2 aromatic rings. The van der Waals surface area contributed by atoms with E-state index in [-0.39, 0.29) is 23.1 Å². The monoisotopic (exact) mass is 381 g/mol. The lowest BCUT2D eigenvalue weighted by Gasteiger charge is -2.33. The number of carbonyl (C=O) groups is 2. The smallest absolute Gasteiger partial charge is 0.228 e. The second-order valence-corrected chi connectivity index (χ2v) is 8.27. The largest absolute Gasteiger partial charge is 0.343 e. The van der Waals surface area contributed by atoms with E-state index in [4.69, 9.17) is 0 Å². The van der Waals surface area contributed by atoms with Crippen molar-refractivity contribution < 1.29 is 9.59 Å². The molecule has 1 spiro atoms. The van der Waals surface area contributed by atoms with E-state index in [0.29, 0.717) is 13.0 Å². The number of hydrogen-bond acceptors (Lipinski definition) is 4. The van der Waals surface area contributed by atoms with Crippen LogP contribution in [0.25, 0.3) is 0 Å². The zero-order valence-corrected chi connectivity index (χ0v) is 16.5. The van der Waals surface area contributed by atoms with Crippen molar-refractivity contribution in [2.45, 2.75) is 46.1 Å². The van der Waals surface area contributed by atoms with Gasteiger partial charge in [-0.3, -0.25) is 14.3 Å². The van der Waals surface area contributed by atoms with E-state index in [9.17, 15) is 9.59 Å². The van der Waals surface area contributed by atoms with Crippen molar-refractivity contribution in [1.82, 2.24) is 19.7 Å². The highest BCUT2D eigenvalue weighted by atomic mass is 16.2. The minimum atomic E-state index is 0.0701. The predicted molar refractivity (Wildman–Crippen MR) is 106 cm³/mol. The molecule has 0 bridgehead atoms. The van der Waals surface area contributed by atoms with E-state index in [1.165, 1.54) is 6.33 Å². The molecular weight excluding hydrogens is 354 g/mol. The standard InChI is InChI=1S/C21H27N5O2/c1-15-9-16(2)11-17(10-15)24-20(28)18-12-21(18)4-7-25(8-5-21)19(27)3-6-26-14-22-13-23-26/h9-11,13-14,18H,3-8,12H2,1-2H3,(H,24,28). The van der Waals surface area contributed by atoms with Gasteiger partial charge in [-0.1, -0.05) is 6.07 Å². The van der Waals surface area contributed by atoms with Gasteiger partial charge in [-0.05, 0) is 61.8 Å². The Kier molecular flexibility index (Phi) is 4.91. The van der Waals surface area contributed by atoms with E-state index in [1.807, 2.05) is 30.9 Å². The number of nitrogens with zero attached hydrogens (tertiary/aromatic N) is 4. The van der Waals surface area contributed by atoms with Gasteiger partial charge < -0.3 is 10.2 Å². The molecule has 2 amide bonds. The van der Waals surface area contributed by atoms with Crippen LogP contribution in [0, 0.1) is 25.2 Å². The number of benzene rings is 1. The highest BCUT2D eigenvalue weighted by Crippen LogP contribution is 2.59. The predicted octanol–water partition coefficient (Wildman–Crippen LogP) is 2.55. The molecule has 1 saturated carbocycles. The highest BCUT2D eigenvalue weighted by molar-refractivity contribution is 5.95. The van der Waals surface area contributed by atoms with Crippen molar-refractivity contribution in [2.24, 2.45) is 11.3 Å². The van der Waals surface area contributed by atoms with Gasteiger partial charge in [0.15, 0.2) is 0 Å². The van der Waals surface area contributed by atoms with Crippen LogP contribution < -0.4 is 5.32 Å². The Balaban J connectivity index is 1.27. The Bertz CT molecular complexity index is 849. The van der Waals surface area contributed by atoms with Crippen molar-refractivity contribution in [2.75, 3.05) is 18.4 Å². The lowest BCUT2D eigenvalue weighted by atomic mass is 9.90. The third kappa shape index (κ3) is 3.93. The molecule has 7 heteroatoms. The number of hydrogen-bond donors (Lipinski definition) is 1. The highest BCUT2D eigenvalue weighted by Gasteiger charge is 2.58. The van der Waals surface area contributed by atoms with Gasteiger partial charge in [0.1, 0.15) is 12.7 Å². The Labute approximate surface area is 165 Å². The molecule has 1 unspecified atom stereocenters. The summed E-state index contributed by atoms with van der Waals surface area (Å²) in [6.45, 7) is 6.11. The maximum atomic E-state index is 12.7. The molecule has 7 nitrogen and oxygen atoms in total. The number of likely N-dealkylation sites (tertiary alicyclic amines) is 1. The molecule has 2 fully saturated rings. The summed E-state index contributed by atoms with van der Waals surface area (Å²) >= 11 is 0. The van der Waals surface area contributed by atoms with E-state index in [2.05, 4.69) is 21.5 Å². The van der Waals surface area contributed by atoms with Gasteiger partial charge in [0, 0.05) is 31.1 Å². The Morgan fingerprint density at radius 2 is 1.89 bits per heavy atom. The topological polar surface area (TPSA) is 80.1 Å². The average molecular weight is 381 g/mol. The molecule has 28 heavy (non-hydrogen) atoms. The quantitative estimate of drug-likeness (QED) is 0.863. The molecular formula is C21H27N5O2. The third-order valence-electron chi connectivity index (χ3n) is 6.13. The van der Waals surface area contributed by atoms with Crippen LogP contribution in [-0.2, 0) is 16.1 Å². The van der Waals surface area contributed by atoms with Crippen LogP contribution in [0.15, 0.2) is 30.9 Å². The first-order chi connectivity index (χ1) is 13.4. The summed E-state index contributed by atoms with van der Waals surface area (Å²) in [7, 11) is 0. The van der Waals surface area contributed by atoms with E-state index < -0.39 is 0 Å². The lowest BCUT2D eigenvalue weighted by molar-refractivity contribution is -0.133. The molecule has 1 aromatic carbocycles. The van der Waals surface area contributed by atoms with Crippen LogP contribution in [0.2, 0.25) is 0 Å². The summed E-state index contributed by atoms with van der Waals surface area (Å²) in [5, 5.41) is 7.12. The Morgan fingerprint density at radius 1 is 1.18 bits per heavy atom. The number of carbonyl (C=O) groups excluding carboxylic acids is 2. The van der Waals surface area contributed by atoms with Gasteiger partial charge in [-0.15, -0.1) is 0 Å². The van der Waals surface area contributed by atoms with Gasteiger partial charge in [0.05, 0.1) is 6.54 Å². The number of anilines is 1. The van der Waals surface area contributed by atoms with Crippen LogP contribution in [0.3, 0.4) is 0 Å². The third-order valence-corrected chi connectivity index (χ3v) is 6.13. The summed E-state index contributed by atoms with van der Waals surface area (Å²) in [5.74, 6) is 0.346. The van der Waals surface area contributed by atoms with E-state index >= 15 is 0 Å². The van der Waals surface area contributed by atoms with Gasteiger partial charge in [0.2, 0.25) is 11.8 Å². The summed E-state index contributed by atoms with van der Waals surface area (Å²) < 4.78 is 1.68. The number of nitrogens with one attached hydrogen (secondary N) is 1.